The van der Waals surface area contributed by atoms with E-state index in [0.717, 1.165) is 33.2 Å². The minimum Gasteiger partial charge on any atom is -0.378 e. The number of rotatable bonds is 5. The summed E-state index contributed by atoms with van der Waals surface area (Å²) in [6.45, 7) is 4.59. The van der Waals surface area contributed by atoms with Gasteiger partial charge in [0.05, 0.1) is 18.9 Å². The van der Waals surface area contributed by atoms with Crippen LogP contribution in [-0.4, -0.2) is 47.3 Å². The summed E-state index contributed by atoms with van der Waals surface area (Å²) in [6, 6.07) is 20.1. The fraction of sp³-hybridized carbons (Fsp3) is 0.261. The van der Waals surface area contributed by atoms with Crippen molar-refractivity contribution in [3.8, 4) is 11.3 Å². The molecule has 0 radical (unpaired) electrons. The average Bonchev–Trinajstić information content (AvgIpc) is 2.79. The molecule has 1 saturated heterocycles. The highest BCUT2D eigenvalue weighted by Crippen LogP contribution is 2.23. The van der Waals surface area contributed by atoms with Gasteiger partial charge in [-0.25, -0.2) is 0 Å². The van der Waals surface area contributed by atoms with E-state index in [2.05, 4.69) is 41.4 Å². The van der Waals surface area contributed by atoms with Crippen molar-refractivity contribution in [2.75, 3.05) is 26.3 Å². The smallest absolute Gasteiger partial charge is 0.254 e. The Morgan fingerprint density at radius 3 is 2.55 bits per heavy atom. The molecule has 0 N–H and O–H groups in total. The number of carbonyl (C=O) groups is 1. The molecule has 6 heteroatoms. The molecule has 0 spiro atoms. The largest absolute Gasteiger partial charge is 0.378 e. The van der Waals surface area contributed by atoms with Gasteiger partial charge >= 0.3 is 0 Å². The van der Waals surface area contributed by atoms with E-state index in [1.165, 1.54) is 5.56 Å². The summed E-state index contributed by atoms with van der Waals surface area (Å²) in [7, 11) is 0. The number of aromatic nitrogens is 2. The van der Waals surface area contributed by atoms with Crippen LogP contribution >= 0.6 is 11.8 Å². The monoisotopic (exact) mass is 405 g/mol. The number of amides is 1. The molecule has 0 bridgehead atoms. The summed E-state index contributed by atoms with van der Waals surface area (Å²) in [6.07, 6.45) is 0. The van der Waals surface area contributed by atoms with Gasteiger partial charge in [0.25, 0.3) is 5.91 Å². The van der Waals surface area contributed by atoms with Gasteiger partial charge in [-0.15, -0.1) is 10.2 Å². The van der Waals surface area contributed by atoms with Crippen LogP contribution in [0.25, 0.3) is 11.3 Å². The Bertz CT molecular complexity index is 968. The molecule has 29 heavy (non-hydrogen) atoms. The molecular weight excluding hydrogens is 382 g/mol. The Hall–Kier alpha value is -2.70. The third-order valence-corrected chi connectivity index (χ3v) is 5.84. The van der Waals surface area contributed by atoms with E-state index in [1.807, 2.05) is 41.3 Å². The maximum atomic E-state index is 12.7. The molecule has 3 aromatic rings. The Balaban J connectivity index is 1.38. The van der Waals surface area contributed by atoms with E-state index in [0.29, 0.717) is 26.3 Å². The predicted molar refractivity (Wildman–Crippen MR) is 115 cm³/mol. The number of morpholine rings is 1. The number of aryl methyl sites for hydroxylation is 1. The second-order valence-corrected chi connectivity index (χ2v) is 8.01. The van der Waals surface area contributed by atoms with Gasteiger partial charge in [0.2, 0.25) is 0 Å². The van der Waals surface area contributed by atoms with E-state index < -0.39 is 0 Å². The van der Waals surface area contributed by atoms with Crippen LogP contribution in [-0.2, 0) is 10.5 Å². The summed E-state index contributed by atoms with van der Waals surface area (Å²) in [4.78, 5) is 14.5. The zero-order chi connectivity index (χ0) is 20.1. The minimum absolute atomic E-state index is 0.0717. The summed E-state index contributed by atoms with van der Waals surface area (Å²) in [5.41, 5.74) is 4.98. The second-order valence-electron chi connectivity index (χ2n) is 7.02. The van der Waals surface area contributed by atoms with Crippen molar-refractivity contribution < 1.29 is 9.53 Å². The van der Waals surface area contributed by atoms with Crippen molar-refractivity contribution in [1.29, 1.82) is 0 Å². The number of nitrogens with zero attached hydrogens (tertiary/aromatic N) is 3. The van der Waals surface area contributed by atoms with Crippen LogP contribution in [0.1, 0.15) is 21.5 Å². The molecule has 1 amide bonds. The third kappa shape index (κ3) is 5.02. The van der Waals surface area contributed by atoms with Crippen molar-refractivity contribution >= 4 is 17.7 Å². The molecule has 4 rings (SSSR count). The van der Waals surface area contributed by atoms with Crippen LogP contribution in [0.5, 0.6) is 0 Å². The first kappa shape index (κ1) is 19.6. The standard InChI is InChI=1S/C23H23N3O2S/c1-17-5-7-19(8-6-17)21-9-10-22(25-24-21)29-16-18-3-2-4-20(15-18)23(27)26-11-13-28-14-12-26/h2-10,15H,11-14,16H2,1H3. The molecule has 2 heterocycles. The Labute approximate surface area is 175 Å². The zero-order valence-corrected chi connectivity index (χ0v) is 17.2. The van der Waals surface area contributed by atoms with Crippen molar-refractivity contribution in [1.82, 2.24) is 15.1 Å². The molecule has 1 fully saturated rings. The SMILES string of the molecule is Cc1ccc(-c2ccc(SCc3cccc(C(=O)N4CCOCC4)c3)nn2)cc1. The molecule has 0 aliphatic carbocycles. The van der Waals surface area contributed by atoms with Crippen LogP contribution < -0.4 is 0 Å². The number of hydrogen-bond acceptors (Lipinski definition) is 5. The fourth-order valence-electron chi connectivity index (χ4n) is 3.18. The van der Waals surface area contributed by atoms with Gasteiger partial charge < -0.3 is 9.64 Å². The van der Waals surface area contributed by atoms with Gasteiger partial charge in [-0.1, -0.05) is 53.7 Å². The lowest BCUT2D eigenvalue weighted by atomic mass is 10.1. The maximum absolute atomic E-state index is 12.7. The van der Waals surface area contributed by atoms with Crippen LogP contribution in [0.4, 0.5) is 0 Å². The van der Waals surface area contributed by atoms with Gasteiger partial charge in [0.15, 0.2) is 0 Å². The van der Waals surface area contributed by atoms with E-state index in [9.17, 15) is 4.79 Å². The molecule has 5 nitrogen and oxygen atoms in total. The second kappa shape index (κ2) is 9.20. The normalized spacial score (nSPS) is 14.0. The predicted octanol–water partition coefficient (Wildman–Crippen LogP) is 4.22. The lowest BCUT2D eigenvalue weighted by molar-refractivity contribution is 0.0303. The molecule has 1 aliphatic heterocycles. The van der Waals surface area contributed by atoms with Crippen molar-refractivity contribution in [2.45, 2.75) is 17.7 Å². The van der Waals surface area contributed by atoms with E-state index in [1.54, 1.807) is 11.8 Å². The van der Waals surface area contributed by atoms with E-state index in [4.69, 9.17) is 4.74 Å². The first-order valence-corrected chi connectivity index (χ1v) is 10.7. The molecule has 0 atom stereocenters. The third-order valence-electron chi connectivity index (χ3n) is 4.85. The highest BCUT2D eigenvalue weighted by Gasteiger charge is 2.18. The van der Waals surface area contributed by atoms with E-state index in [-0.39, 0.29) is 5.91 Å². The summed E-state index contributed by atoms with van der Waals surface area (Å²) >= 11 is 1.62. The summed E-state index contributed by atoms with van der Waals surface area (Å²) < 4.78 is 5.33. The van der Waals surface area contributed by atoms with Gasteiger partial charge in [0.1, 0.15) is 5.03 Å². The highest BCUT2D eigenvalue weighted by molar-refractivity contribution is 7.98. The zero-order valence-electron chi connectivity index (χ0n) is 16.4. The number of benzene rings is 2. The van der Waals surface area contributed by atoms with Gasteiger partial charge in [0, 0.05) is 30.0 Å². The topological polar surface area (TPSA) is 55.3 Å². The van der Waals surface area contributed by atoms with Gasteiger partial charge in [-0.3, -0.25) is 4.79 Å². The fourth-order valence-corrected chi connectivity index (χ4v) is 3.93. The van der Waals surface area contributed by atoms with Crippen LogP contribution in [0.2, 0.25) is 0 Å². The molecule has 2 aromatic carbocycles. The van der Waals surface area contributed by atoms with Crippen molar-refractivity contribution in [3.63, 3.8) is 0 Å². The van der Waals surface area contributed by atoms with Crippen LogP contribution in [0, 0.1) is 6.92 Å². The molecule has 1 aromatic heterocycles. The summed E-state index contributed by atoms with van der Waals surface area (Å²) in [5, 5.41) is 9.57. The number of thioether (sulfide) groups is 1. The Kier molecular flexibility index (Phi) is 6.22. The van der Waals surface area contributed by atoms with E-state index >= 15 is 0 Å². The lowest BCUT2D eigenvalue weighted by Gasteiger charge is -2.27. The first-order chi connectivity index (χ1) is 14.2. The lowest BCUT2D eigenvalue weighted by Crippen LogP contribution is -2.40. The Morgan fingerprint density at radius 2 is 1.83 bits per heavy atom. The quantitative estimate of drug-likeness (QED) is 0.595. The number of hydrogen-bond donors (Lipinski definition) is 0. The molecule has 148 valence electrons. The molecular formula is C23H23N3O2S. The number of ether oxygens (including phenoxy) is 1. The average molecular weight is 406 g/mol. The first-order valence-electron chi connectivity index (χ1n) is 9.68. The van der Waals surface area contributed by atoms with Crippen molar-refractivity contribution in [2.24, 2.45) is 0 Å². The molecule has 1 aliphatic rings. The Morgan fingerprint density at radius 1 is 1.03 bits per heavy atom. The van der Waals surface area contributed by atoms with Crippen molar-refractivity contribution in [3.05, 3.63) is 77.4 Å². The summed E-state index contributed by atoms with van der Waals surface area (Å²) in [5.74, 6) is 0.811. The molecule has 0 saturated carbocycles. The maximum Gasteiger partial charge on any atom is 0.254 e. The number of carbonyl (C=O) groups excluding carboxylic acids is 1. The van der Waals surface area contributed by atoms with Crippen LogP contribution in [0.3, 0.4) is 0 Å². The van der Waals surface area contributed by atoms with Crippen LogP contribution in [0.15, 0.2) is 65.7 Å². The van der Waals surface area contributed by atoms with Gasteiger partial charge in [-0.2, -0.15) is 0 Å². The highest BCUT2D eigenvalue weighted by atomic mass is 32.2. The van der Waals surface area contributed by atoms with Gasteiger partial charge in [-0.05, 0) is 36.8 Å². The minimum atomic E-state index is 0.0717. The molecule has 0 unspecified atom stereocenters.